The van der Waals surface area contributed by atoms with E-state index in [1.54, 1.807) is 42.5 Å². The first kappa shape index (κ1) is 24.9. The molecular weight excluding hydrogens is 449 g/mol. The van der Waals surface area contributed by atoms with Gasteiger partial charge in [0.25, 0.3) is 0 Å². The van der Waals surface area contributed by atoms with Gasteiger partial charge in [0.2, 0.25) is 0 Å². The van der Waals surface area contributed by atoms with Crippen LogP contribution in [0.15, 0.2) is 66.7 Å². The van der Waals surface area contributed by atoms with Crippen molar-refractivity contribution < 1.29 is 22.6 Å². The van der Waals surface area contributed by atoms with E-state index in [2.05, 4.69) is 12.2 Å². The van der Waals surface area contributed by atoms with Crippen molar-refractivity contribution in [2.24, 2.45) is 5.92 Å². The van der Waals surface area contributed by atoms with Gasteiger partial charge in [0.15, 0.2) is 23.2 Å². The van der Waals surface area contributed by atoms with E-state index < -0.39 is 17.5 Å². The summed E-state index contributed by atoms with van der Waals surface area (Å²) in [5, 5.41) is 0. The van der Waals surface area contributed by atoms with Crippen molar-refractivity contribution in [2.45, 2.75) is 52.1 Å². The predicted octanol–water partition coefficient (Wildman–Crippen LogP) is 8.60. The molecule has 0 heterocycles. The molecular formula is C30H31F3O2. The SMILES string of the molecule is C/C=C/C1CCC(c2ccc(-c3ccc(COc4ccc(OCC)cc4F)cc3)c(F)c2F)CC1. The maximum Gasteiger partial charge on any atom is 0.168 e. The Balaban J connectivity index is 1.42. The number of hydrogen-bond donors (Lipinski definition) is 0. The molecule has 4 rings (SSSR count). The smallest absolute Gasteiger partial charge is 0.168 e. The van der Waals surface area contributed by atoms with Crippen LogP contribution in [-0.4, -0.2) is 6.61 Å². The normalized spacial score (nSPS) is 18.1. The summed E-state index contributed by atoms with van der Waals surface area (Å²) in [4.78, 5) is 0. The van der Waals surface area contributed by atoms with Gasteiger partial charge in [0, 0.05) is 11.6 Å². The molecule has 0 unspecified atom stereocenters. The molecule has 1 aliphatic carbocycles. The Hall–Kier alpha value is -3.21. The van der Waals surface area contributed by atoms with E-state index in [4.69, 9.17) is 9.47 Å². The Kier molecular flexibility index (Phi) is 8.17. The molecule has 3 aromatic rings. The highest BCUT2D eigenvalue weighted by molar-refractivity contribution is 5.65. The summed E-state index contributed by atoms with van der Waals surface area (Å²) in [6.07, 6.45) is 8.02. The predicted molar refractivity (Wildman–Crippen MR) is 133 cm³/mol. The number of hydrogen-bond acceptors (Lipinski definition) is 2. The Morgan fingerprint density at radius 1 is 0.857 bits per heavy atom. The molecule has 0 aromatic heterocycles. The zero-order valence-electron chi connectivity index (χ0n) is 20.2. The van der Waals surface area contributed by atoms with Crippen LogP contribution in [0, 0.1) is 23.4 Å². The summed E-state index contributed by atoms with van der Waals surface area (Å²) < 4.78 is 55.1. The van der Waals surface area contributed by atoms with Crippen molar-refractivity contribution in [3.8, 4) is 22.6 Å². The van der Waals surface area contributed by atoms with Crippen LogP contribution < -0.4 is 9.47 Å². The monoisotopic (exact) mass is 480 g/mol. The number of benzene rings is 3. The highest BCUT2D eigenvalue weighted by Crippen LogP contribution is 2.39. The van der Waals surface area contributed by atoms with Crippen LogP contribution in [-0.2, 0) is 6.61 Å². The highest BCUT2D eigenvalue weighted by atomic mass is 19.2. The molecule has 1 aliphatic rings. The van der Waals surface area contributed by atoms with E-state index in [0.29, 0.717) is 29.4 Å². The minimum atomic E-state index is -0.807. The molecule has 184 valence electrons. The average molecular weight is 481 g/mol. The van der Waals surface area contributed by atoms with E-state index in [0.717, 1.165) is 31.2 Å². The lowest BCUT2D eigenvalue weighted by molar-refractivity contribution is 0.287. The third-order valence-electron chi connectivity index (χ3n) is 6.66. The van der Waals surface area contributed by atoms with Gasteiger partial charge in [-0.3, -0.25) is 0 Å². The average Bonchev–Trinajstić information content (AvgIpc) is 2.87. The number of halogens is 3. The van der Waals surface area contributed by atoms with Crippen LogP contribution in [0.3, 0.4) is 0 Å². The molecule has 1 saturated carbocycles. The van der Waals surface area contributed by atoms with Crippen molar-refractivity contribution in [2.75, 3.05) is 6.61 Å². The number of ether oxygens (including phenoxy) is 2. The van der Waals surface area contributed by atoms with Crippen LogP contribution in [0.1, 0.15) is 56.6 Å². The maximum absolute atomic E-state index is 15.0. The van der Waals surface area contributed by atoms with Gasteiger partial charge in [-0.25, -0.2) is 13.2 Å². The van der Waals surface area contributed by atoms with Gasteiger partial charge >= 0.3 is 0 Å². The third-order valence-corrected chi connectivity index (χ3v) is 6.66. The van der Waals surface area contributed by atoms with Gasteiger partial charge in [0.05, 0.1) is 6.61 Å². The van der Waals surface area contributed by atoms with Crippen LogP contribution in [0.2, 0.25) is 0 Å². The molecule has 2 nitrogen and oxygen atoms in total. The van der Waals surface area contributed by atoms with Crippen LogP contribution in [0.5, 0.6) is 11.5 Å². The second-order valence-electron chi connectivity index (χ2n) is 8.98. The van der Waals surface area contributed by atoms with Crippen molar-refractivity contribution in [3.63, 3.8) is 0 Å². The van der Waals surface area contributed by atoms with E-state index in [1.807, 2.05) is 13.8 Å². The number of allylic oxidation sites excluding steroid dienone is 2. The Labute approximate surface area is 205 Å². The first-order valence-electron chi connectivity index (χ1n) is 12.2. The van der Waals surface area contributed by atoms with Gasteiger partial charge in [-0.2, -0.15) is 0 Å². The number of rotatable bonds is 8. The van der Waals surface area contributed by atoms with E-state index in [1.165, 1.54) is 12.1 Å². The van der Waals surface area contributed by atoms with Gasteiger partial charge in [0.1, 0.15) is 12.4 Å². The zero-order valence-corrected chi connectivity index (χ0v) is 20.2. The van der Waals surface area contributed by atoms with Crippen LogP contribution >= 0.6 is 0 Å². The third kappa shape index (κ3) is 5.90. The van der Waals surface area contributed by atoms with E-state index in [-0.39, 0.29) is 23.8 Å². The topological polar surface area (TPSA) is 18.5 Å². The van der Waals surface area contributed by atoms with Gasteiger partial charge in [-0.15, -0.1) is 0 Å². The van der Waals surface area contributed by atoms with Crippen LogP contribution in [0.4, 0.5) is 13.2 Å². The van der Waals surface area contributed by atoms with Gasteiger partial charge in [-0.05, 0) is 80.2 Å². The summed E-state index contributed by atoms with van der Waals surface area (Å²) >= 11 is 0. The van der Waals surface area contributed by atoms with E-state index in [9.17, 15) is 4.39 Å². The molecule has 0 bridgehead atoms. The molecule has 0 aliphatic heterocycles. The second kappa shape index (κ2) is 11.5. The zero-order chi connectivity index (χ0) is 24.8. The fourth-order valence-electron chi connectivity index (χ4n) is 4.79. The molecule has 0 amide bonds. The lowest BCUT2D eigenvalue weighted by Gasteiger charge is -2.27. The van der Waals surface area contributed by atoms with Crippen molar-refractivity contribution in [1.29, 1.82) is 0 Å². The Bertz CT molecular complexity index is 1160. The molecule has 1 fully saturated rings. The summed E-state index contributed by atoms with van der Waals surface area (Å²) in [6.45, 7) is 4.45. The molecule has 0 spiro atoms. The molecule has 35 heavy (non-hydrogen) atoms. The summed E-state index contributed by atoms with van der Waals surface area (Å²) in [6, 6.07) is 14.9. The minimum absolute atomic E-state index is 0.0579. The van der Waals surface area contributed by atoms with Gasteiger partial charge in [-0.1, -0.05) is 48.6 Å². The standard InChI is InChI=1S/C30H31F3O2/c1-3-5-20-6-10-22(11-7-20)25-15-16-26(30(33)29(25)32)23-12-8-21(9-13-23)19-35-28-17-14-24(34-4-2)18-27(28)31/h3,5,8-9,12-18,20,22H,4,6-7,10-11,19H2,1-2H3/b5-3+. The summed E-state index contributed by atoms with van der Waals surface area (Å²) in [5.41, 5.74) is 2.09. The molecule has 0 N–H and O–H groups in total. The fraction of sp³-hybridized carbons (Fsp3) is 0.333. The Morgan fingerprint density at radius 3 is 2.26 bits per heavy atom. The highest BCUT2D eigenvalue weighted by Gasteiger charge is 2.25. The van der Waals surface area contributed by atoms with Crippen molar-refractivity contribution in [1.82, 2.24) is 0 Å². The van der Waals surface area contributed by atoms with Crippen molar-refractivity contribution >= 4 is 0 Å². The minimum Gasteiger partial charge on any atom is -0.494 e. The van der Waals surface area contributed by atoms with Crippen molar-refractivity contribution in [3.05, 3.63) is 95.3 Å². The van der Waals surface area contributed by atoms with Gasteiger partial charge < -0.3 is 9.47 Å². The molecule has 0 saturated heterocycles. The second-order valence-corrected chi connectivity index (χ2v) is 8.98. The lowest BCUT2D eigenvalue weighted by atomic mass is 9.78. The molecule has 0 atom stereocenters. The molecule has 0 radical (unpaired) electrons. The van der Waals surface area contributed by atoms with Crippen LogP contribution in [0.25, 0.3) is 11.1 Å². The Morgan fingerprint density at radius 2 is 1.60 bits per heavy atom. The first-order valence-corrected chi connectivity index (χ1v) is 12.2. The molecule has 5 heteroatoms. The summed E-state index contributed by atoms with van der Waals surface area (Å²) in [5.74, 6) is -0.877. The molecule has 3 aromatic carbocycles. The first-order chi connectivity index (χ1) is 17.0. The maximum atomic E-state index is 15.0. The summed E-state index contributed by atoms with van der Waals surface area (Å²) in [7, 11) is 0. The van der Waals surface area contributed by atoms with E-state index >= 15 is 8.78 Å². The lowest BCUT2D eigenvalue weighted by Crippen LogP contribution is -2.13. The quantitative estimate of drug-likeness (QED) is 0.301. The fourth-order valence-corrected chi connectivity index (χ4v) is 4.79. The largest absolute Gasteiger partial charge is 0.494 e.